The van der Waals surface area contributed by atoms with Crippen LogP contribution >= 0.6 is 0 Å². The van der Waals surface area contributed by atoms with Crippen LogP contribution in [-0.4, -0.2) is 39.0 Å². The van der Waals surface area contributed by atoms with Gasteiger partial charge in [0.05, 0.1) is 0 Å². The van der Waals surface area contributed by atoms with E-state index in [1.165, 1.54) is 0 Å². The molecule has 1 aromatic heterocycles. The molecule has 0 spiro atoms. The highest BCUT2D eigenvalue weighted by atomic mass is 16.4. The van der Waals surface area contributed by atoms with Gasteiger partial charge in [0.2, 0.25) is 0 Å². The van der Waals surface area contributed by atoms with Crippen molar-refractivity contribution < 1.29 is 14.7 Å². The number of likely N-dealkylation sites (tertiary alicyclic amines) is 1. The summed E-state index contributed by atoms with van der Waals surface area (Å²) in [7, 11) is 1.85. The van der Waals surface area contributed by atoms with Gasteiger partial charge in [-0.15, -0.1) is 0 Å². The number of carbonyl (C=O) groups is 2. The summed E-state index contributed by atoms with van der Waals surface area (Å²) in [5.74, 6) is -0.778. The molecule has 0 aromatic carbocycles. The van der Waals surface area contributed by atoms with Gasteiger partial charge in [-0.2, -0.15) is 0 Å². The van der Waals surface area contributed by atoms with Crippen molar-refractivity contribution in [1.82, 2.24) is 9.47 Å². The highest BCUT2D eigenvalue weighted by Gasteiger charge is 2.28. The van der Waals surface area contributed by atoms with Crippen molar-refractivity contribution in [2.45, 2.75) is 38.1 Å². The number of aryl methyl sites for hydroxylation is 1. The fraction of sp³-hybridized carbons (Fsp3) is 0.571. The number of carboxylic acid groups (broad SMARTS) is 1. The van der Waals surface area contributed by atoms with Crippen molar-refractivity contribution >= 4 is 11.9 Å². The molecule has 1 fully saturated rings. The highest BCUT2D eigenvalue weighted by Crippen LogP contribution is 2.23. The Hall–Kier alpha value is -1.78. The number of carboxylic acids is 1. The molecule has 1 unspecified atom stereocenters. The van der Waals surface area contributed by atoms with E-state index < -0.39 is 5.97 Å². The summed E-state index contributed by atoms with van der Waals surface area (Å²) in [6, 6.07) is 3.72. The summed E-state index contributed by atoms with van der Waals surface area (Å²) < 4.78 is 1.81. The molecule has 1 aliphatic rings. The Bertz CT molecular complexity index is 467. The third-order valence-corrected chi connectivity index (χ3v) is 3.74. The van der Waals surface area contributed by atoms with Crippen molar-refractivity contribution in [1.29, 1.82) is 0 Å². The number of hydrogen-bond acceptors (Lipinski definition) is 2. The number of nitrogens with zero attached hydrogens (tertiary/aromatic N) is 2. The van der Waals surface area contributed by atoms with Gasteiger partial charge in [-0.25, -0.2) is 0 Å². The summed E-state index contributed by atoms with van der Waals surface area (Å²) in [6.07, 6.45) is 5.50. The topological polar surface area (TPSA) is 62.5 Å². The molecule has 19 heavy (non-hydrogen) atoms. The van der Waals surface area contributed by atoms with Gasteiger partial charge in [-0.1, -0.05) is 0 Å². The van der Waals surface area contributed by atoms with Gasteiger partial charge < -0.3 is 14.6 Å². The van der Waals surface area contributed by atoms with Gasteiger partial charge in [0, 0.05) is 32.3 Å². The van der Waals surface area contributed by atoms with Crippen LogP contribution in [-0.2, 0) is 11.8 Å². The van der Waals surface area contributed by atoms with Crippen LogP contribution in [0.5, 0.6) is 0 Å². The van der Waals surface area contributed by atoms with E-state index >= 15 is 0 Å². The second kappa shape index (κ2) is 5.91. The molecule has 1 saturated heterocycles. The smallest absolute Gasteiger partial charge is 0.303 e. The van der Waals surface area contributed by atoms with Gasteiger partial charge in [0.15, 0.2) is 0 Å². The van der Waals surface area contributed by atoms with E-state index in [-0.39, 0.29) is 18.4 Å². The molecule has 1 aliphatic heterocycles. The Labute approximate surface area is 112 Å². The molecule has 104 valence electrons. The zero-order valence-electron chi connectivity index (χ0n) is 11.2. The summed E-state index contributed by atoms with van der Waals surface area (Å²) in [6.45, 7) is 0.730. The minimum atomic E-state index is -0.795. The monoisotopic (exact) mass is 264 g/mol. The molecule has 0 saturated carbocycles. The first-order valence-corrected chi connectivity index (χ1v) is 6.73. The lowest BCUT2D eigenvalue weighted by molar-refractivity contribution is -0.137. The van der Waals surface area contributed by atoms with Crippen LogP contribution in [0, 0.1) is 0 Å². The molecule has 1 aromatic rings. The van der Waals surface area contributed by atoms with E-state index in [0.29, 0.717) is 12.1 Å². The molecule has 0 aliphatic carbocycles. The van der Waals surface area contributed by atoms with Crippen molar-refractivity contribution in [2.24, 2.45) is 7.05 Å². The number of amides is 1. The van der Waals surface area contributed by atoms with Crippen molar-refractivity contribution in [3.63, 3.8) is 0 Å². The number of rotatable bonds is 4. The van der Waals surface area contributed by atoms with Crippen molar-refractivity contribution in [2.75, 3.05) is 6.54 Å². The molecule has 0 bridgehead atoms. The summed E-state index contributed by atoms with van der Waals surface area (Å²) in [5.41, 5.74) is 0.669. The number of aromatic nitrogens is 1. The van der Waals surface area contributed by atoms with Crippen LogP contribution < -0.4 is 0 Å². The Morgan fingerprint density at radius 2 is 2.21 bits per heavy atom. The van der Waals surface area contributed by atoms with E-state index in [0.717, 1.165) is 25.8 Å². The van der Waals surface area contributed by atoms with E-state index in [9.17, 15) is 9.59 Å². The minimum absolute atomic E-state index is 0.0163. The Kier molecular flexibility index (Phi) is 4.24. The quantitative estimate of drug-likeness (QED) is 0.903. The van der Waals surface area contributed by atoms with Gasteiger partial charge in [0.1, 0.15) is 5.69 Å². The number of carbonyl (C=O) groups excluding carboxylic acids is 1. The maximum atomic E-state index is 12.5. The molecular formula is C14H20N2O3. The molecule has 1 amide bonds. The second-order valence-electron chi connectivity index (χ2n) is 5.08. The molecule has 2 rings (SSSR count). The van der Waals surface area contributed by atoms with Gasteiger partial charge in [-0.3, -0.25) is 9.59 Å². The van der Waals surface area contributed by atoms with E-state index in [1.54, 1.807) is 0 Å². The molecule has 1 N–H and O–H groups in total. The van der Waals surface area contributed by atoms with E-state index in [4.69, 9.17) is 5.11 Å². The molecule has 5 nitrogen and oxygen atoms in total. The van der Waals surface area contributed by atoms with Crippen LogP contribution in [0.2, 0.25) is 0 Å². The van der Waals surface area contributed by atoms with Crippen LogP contribution in [0.1, 0.15) is 42.6 Å². The lowest BCUT2D eigenvalue weighted by Gasteiger charge is -2.35. The lowest BCUT2D eigenvalue weighted by Crippen LogP contribution is -2.44. The van der Waals surface area contributed by atoms with Crippen LogP contribution in [0.25, 0.3) is 0 Å². The summed E-state index contributed by atoms with van der Waals surface area (Å²) >= 11 is 0. The zero-order valence-corrected chi connectivity index (χ0v) is 11.2. The highest BCUT2D eigenvalue weighted by molar-refractivity contribution is 5.93. The van der Waals surface area contributed by atoms with E-state index in [2.05, 4.69) is 0 Å². The first-order valence-electron chi connectivity index (χ1n) is 6.73. The molecule has 0 radical (unpaired) electrons. The molecule has 5 heteroatoms. The lowest BCUT2D eigenvalue weighted by atomic mass is 9.97. The van der Waals surface area contributed by atoms with Crippen LogP contribution in [0.3, 0.4) is 0 Å². The van der Waals surface area contributed by atoms with Gasteiger partial charge >= 0.3 is 5.97 Å². The SMILES string of the molecule is Cn1cccc1C(=O)N1CCCCC1CCC(=O)O. The number of hydrogen-bond donors (Lipinski definition) is 1. The largest absolute Gasteiger partial charge is 0.481 e. The minimum Gasteiger partial charge on any atom is -0.481 e. The Balaban J connectivity index is 2.08. The maximum absolute atomic E-state index is 12.5. The normalized spacial score (nSPS) is 19.4. The average molecular weight is 264 g/mol. The first kappa shape index (κ1) is 13.6. The predicted octanol–water partition coefficient (Wildman–Crippen LogP) is 1.88. The van der Waals surface area contributed by atoms with Crippen molar-refractivity contribution in [3.8, 4) is 0 Å². The molecule has 1 atom stereocenters. The first-order chi connectivity index (χ1) is 9.09. The predicted molar refractivity (Wildman–Crippen MR) is 71.0 cm³/mol. The Morgan fingerprint density at radius 1 is 1.42 bits per heavy atom. The summed E-state index contributed by atoms with van der Waals surface area (Å²) in [5, 5.41) is 8.79. The standard InChI is InChI=1S/C14H20N2O3/c1-15-9-4-6-12(15)14(19)16-10-3-2-5-11(16)7-8-13(17)18/h4,6,9,11H,2-3,5,7-8,10H2,1H3,(H,17,18). The molecular weight excluding hydrogens is 244 g/mol. The molecule has 2 heterocycles. The Morgan fingerprint density at radius 3 is 2.84 bits per heavy atom. The fourth-order valence-electron chi connectivity index (χ4n) is 2.69. The fourth-order valence-corrected chi connectivity index (χ4v) is 2.69. The number of aliphatic carboxylic acids is 1. The third-order valence-electron chi connectivity index (χ3n) is 3.74. The van der Waals surface area contributed by atoms with Crippen molar-refractivity contribution in [3.05, 3.63) is 24.0 Å². The van der Waals surface area contributed by atoms with Crippen LogP contribution in [0.4, 0.5) is 0 Å². The van der Waals surface area contributed by atoms with E-state index in [1.807, 2.05) is 34.8 Å². The average Bonchev–Trinajstić information content (AvgIpc) is 2.82. The zero-order chi connectivity index (χ0) is 13.8. The van der Waals surface area contributed by atoms with Crippen LogP contribution in [0.15, 0.2) is 18.3 Å². The second-order valence-corrected chi connectivity index (χ2v) is 5.08. The van der Waals surface area contributed by atoms with Gasteiger partial charge in [-0.05, 0) is 37.8 Å². The maximum Gasteiger partial charge on any atom is 0.303 e. The third kappa shape index (κ3) is 3.16. The van der Waals surface area contributed by atoms with Gasteiger partial charge in [0.25, 0.3) is 5.91 Å². The summed E-state index contributed by atoms with van der Waals surface area (Å²) in [4.78, 5) is 25.0. The number of piperidine rings is 1.